The van der Waals surface area contributed by atoms with Gasteiger partial charge in [-0.05, 0) is 59.3 Å². The molecule has 0 rings (SSSR count). The Balaban J connectivity index is 3.75. The number of nitrogens with one attached hydrogen (secondary N) is 5. The monoisotopic (exact) mass is 958 g/mol. The molecule has 0 aliphatic heterocycles. The van der Waals surface area contributed by atoms with Crippen molar-refractivity contribution in [3.8, 4) is 0 Å². The summed E-state index contributed by atoms with van der Waals surface area (Å²) in [6.07, 6.45) is 17.7. The van der Waals surface area contributed by atoms with Gasteiger partial charge in [0.25, 0.3) is 0 Å². The molecule has 18 nitrogen and oxygen atoms in total. The molecule has 0 aliphatic carbocycles. The quantitative estimate of drug-likeness (QED) is 0.0366. The van der Waals surface area contributed by atoms with Crippen LogP contribution in [0.25, 0.3) is 0 Å². The second-order valence-electron chi connectivity index (χ2n) is 19.3. The van der Waals surface area contributed by atoms with E-state index >= 15 is 0 Å². The van der Waals surface area contributed by atoms with Crippen LogP contribution in [0.3, 0.4) is 0 Å². The van der Waals surface area contributed by atoms with Gasteiger partial charge < -0.3 is 55.7 Å². The lowest BCUT2D eigenvalue weighted by atomic mass is 9.84. The Kier molecular flexibility index (Phi) is 38.0. The zero-order valence-electron chi connectivity index (χ0n) is 42.2. The topological polar surface area (TPSA) is 257 Å². The minimum Gasteiger partial charge on any atom is -0.481 e. The molecule has 0 aromatic carbocycles. The Morgan fingerprint density at radius 2 is 0.866 bits per heavy atom. The Morgan fingerprint density at radius 1 is 0.433 bits per heavy atom. The van der Waals surface area contributed by atoms with Crippen LogP contribution in [0.4, 0.5) is 0 Å². The lowest BCUT2D eigenvalue weighted by molar-refractivity contribution is -0.142. The first-order valence-electron chi connectivity index (χ1n) is 25.0. The third kappa shape index (κ3) is 42.2. The number of Topliss-reactive ketones (excluding diaryl/α,β-unsaturated/α-hetero) is 1. The predicted molar refractivity (Wildman–Crippen MR) is 258 cm³/mol. The second-order valence-corrected chi connectivity index (χ2v) is 19.3. The van der Waals surface area contributed by atoms with Crippen molar-refractivity contribution in [3.63, 3.8) is 0 Å². The Bertz CT molecular complexity index is 1370. The normalized spacial score (nSPS) is 12.6. The number of ether oxygens (including phenoxy) is 4. The van der Waals surface area contributed by atoms with Crippen molar-refractivity contribution in [1.29, 1.82) is 0 Å². The van der Waals surface area contributed by atoms with Gasteiger partial charge in [0.1, 0.15) is 19.3 Å². The molecule has 4 amide bonds. The van der Waals surface area contributed by atoms with E-state index in [0.29, 0.717) is 19.4 Å². The maximum atomic E-state index is 12.9. The van der Waals surface area contributed by atoms with Crippen molar-refractivity contribution in [2.45, 2.75) is 194 Å². The van der Waals surface area contributed by atoms with Crippen LogP contribution in [0.1, 0.15) is 176 Å². The van der Waals surface area contributed by atoms with Gasteiger partial charge in [-0.15, -0.1) is 0 Å². The van der Waals surface area contributed by atoms with E-state index in [0.717, 1.165) is 51.4 Å². The number of carbonyl (C=O) groups excluding carboxylic acids is 5. The summed E-state index contributed by atoms with van der Waals surface area (Å²) in [5, 5.41) is 32.3. The molecule has 0 radical (unpaired) electrons. The first-order chi connectivity index (χ1) is 31.8. The molecule has 390 valence electrons. The molecule has 0 saturated heterocycles. The van der Waals surface area contributed by atoms with Gasteiger partial charge in [0.2, 0.25) is 23.6 Å². The first-order valence-corrected chi connectivity index (χ1v) is 25.0. The number of amides is 4. The highest BCUT2D eigenvalue weighted by Crippen LogP contribution is 2.21. The van der Waals surface area contributed by atoms with E-state index in [1.54, 1.807) is 0 Å². The van der Waals surface area contributed by atoms with Crippen molar-refractivity contribution in [1.82, 2.24) is 26.6 Å². The third-order valence-corrected chi connectivity index (χ3v) is 10.6. The Labute approximate surface area is 401 Å². The van der Waals surface area contributed by atoms with Crippen LogP contribution in [0.2, 0.25) is 0 Å². The lowest BCUT2D eigenvalue weighted by Crippen LogP contribution is -2.50. The van der Waals surface area contributed by atoms with Crippen molar-refractivity contribution >= 4 is 41.4 Å². The number of carboxylic acid groups (broad SMARTS) is 2. The maximum Gasteiger partial charge on any atom is 0.326 e. The lowest BCUT2D eigenvalue weighted by Gasteiger charge is -2.31. The predicted octanol–water partition coefficient (Wildman–Crippen LogP) is 5.62. The van der Waals surface area contributed by atoms with Crippen LogP contribution in [0, 0.1) is 5.41 Å². The molecule has 1 unspecified atom stereocenters. The van der Waals surface area contributed by atoms with Gasteiger partial charge >= 0.3 is 11.9 Å². The van der Waals surface area contributed by atoms with E-state index in [1.807, 2.05) is 41.5 Å². The number of rotatable bonds is 45. The summed E-state index contributed by atoms with van der Waals surface area (Å²) in [6.45, 7) is 14.0. The molecule has 0 aliphatic rings. The fraction of sp³-hybridized carbons (Fsp3) is 0.857. The van der Waals surface area contributed by atoms with Crippen LogP contribution in [0.15, 0.2) is 0 Å². The second kappa shape index (κ2) is 40.2. The van der Waals surface area contributed by atoms with Gasteiger partial charge in [-0.25, -0.2) is 4.79 Å². The molecular weight excluding hydrogens is 867 g/mol. The highest BCUT2D eigenvalue weighted by atomic mass is 16.5. The first kappa shape index (κ1) is 63.3. The van der Waals surface area contributed by atoms with Crippen molar-refractivity contribution in [2.75, 3.05) is 72.5 Å². The number of ketones is 1. The summed E-state index contributed by atoms with van der Waals surface area (Å²) in [6, 6.07) is -1.38. The number of carbonyl (C=O) groups is 7. The van der Waals surface area contributed by atoms with Crippen LogP contribution in [0.5, 0.6) is 0 Å². The standard InChI is InChI=1S/C49H91N5O13/c1-48(2,3)46(61)39(54-49(4,5)6)23-21-22-28-50-43(57)37-66-35-34-65-32-30-52-44(58)38-67-36-33-64-31-29-51-41(55)27-26-40(47(62)63)53-42(56)24-19-17-15-13-11-9-7-8-10-12-14-16-18-20-25-45(59)60/h39-40,54H,7-38H2,1-6H3,(H,50,57)(H,51,55)(H,52,58)(H,53,56)(H,59,60)(H,62,63)/t39?,40-/m0/s1. The van der Waals surface area contributed by atoms with Crippen LogP contribution in [-0.2, 0) is 52.5 Å². The highest BCUT2D eigenvalue weighted by molar-refractivity contribution is 5.88. The van der Waals surface area contributed by atoms with Crippen molar-refractivity contribution in [3.05, 3.63) is 0 Å². The van der Waals surface area contributed by atoms with E-state index in [2.05, 4.69) is 26.6 Å². The van der Waals surface area contributed by atoms with Crippen LogP contribution < -0.4 is 26.6 Å². The van der Waals surface area contributed by atoms with Crippen molar-refractivity contribution in [2.24, 2.45) is 5.41 Å². The molecule has 2 atom stereocenters. The summed E-state index contributed by atoms with van der Waals surface area (Å²) in [7, 11) is 0. The molecule has 0 heterocycles. The molecule has 0 spiro atoms. The summed E-state index contributed by atoms with van der Waals surface area (Å²) in [4.78, 5) is 83.7. The van der Waals surface area contributed by atoms with E-state index in [1.165, 1.54) is 44.9 Å². The van der Waals surface area contributed by atoms with Gasteiger partial charge in [0.15, 0.2) is 5.78 Å². The zero-order chi connectivity index (χ0) is 50.2. The Hall–Kier alpha value is -3.71. The largest absolute Gasteiger partial charge is 0.481 e. The summed E-state index contributed by atoms with van der Waals surface area (Å²) in [5.41, 5.74) is -0.612. The average molecular weight is 958 g/mol. The minimum atomic E-state index is -1.18. The fourth-order valence-corrected chi connectivity index (χ4v) is 6.98. The molecule has 0 bridgehead atoms. The molecule has 0 aromatic rings. The molecule has 0 saturated carbocycles. The number of carboxylic acids is 2. The molecule has 0 aromatic heterocycles. The molecule has 0 fully saturated rings. The highest BCUT2D eigenvalue weighted by Gasteiger charge is 2.31. The summed E-state index contributed by atoms with van der Waals surface area (Å²) in [5.74, 6) is -2.93. The number of unbranched alkanes of at least 4 members (excludes halogenated alkanes) is 14. The van der Waals surface area contributed by atoms with E-state index in [9.17, 15) is 38.7 Å². The van der Waals surface area contributed by atoms with Gasteiger partial charge in [-0.1, -0.05) is 97.8 Å². The van der Waals surface area contributed by atoms with E-state index in [-0.39, 0.29) is 133 Å². The van der Waals surface area contributed by atoms with Crippen LogP contribution in [-0.4, -0.2) is 142 Å². The maximum absolute atomic E-state index is 12.9. The Morgan fingerprint density at radius 3 is 1.31 bits per heavy atom. The summed E-state index contributed by atoms with van der Waals surface area (Å²) >= 11 is 0. The third-order valence-electron chi connectivity index (χ3n) is 10.6. The van der Waals surface area contributed by atoms with Crippen molar-refractivity contribution < 1.29 is 62.7 Å². The summed E-state index contributed by atoms with van der Waals surface area (Å²) < 4.78 is 21.5. The smallest absolute Gasteiger partial charge is 0.326 e. The number of hydrogen-bond donors (Lipinski definition) is 7. The van der Waals surface area contributed by atoms with E-state index in [4.69, 9.17) is 24.1 Å². The molecular formula is C49H91N5O13. The average Bonchev–Trinajstić information content (AvgIpc) is 3.24. The van der Waals surface area contributed by atoms with Gasteiger partial charge in [-0.2, -0.15) is 0 Å². The molecule has 7 N–H and O–H groups in total. The van der Waals surface area contributed by atoms with Gasteiger partial charge in [0.05, 0.1) is 45.7 Å². The molecule has 67 heavy (non-hydrogen) atoms. The minimum absolute atomic E-state index is 0.0273. The molecule has 18 heteroatoms. The van der Waals surface area contributed by atoms with Crippen LogP contribution >= 0.6 is 0 Å². The zero-order valence-corrected chi connectivity index (χ0v) is 42.2. The fourth-order valence-electron chi connectivity index (χ4n) is 6.98. The van der Waals surface area contributed by atoms with E-state index < -0.39 is 23.4 Å². The number of aliphatic carboxylic acids is 2. The van der Waals surface area contributed by atoms with Gasteiger partial charge in [0, 0.05) is 49.9 Å². The van der Waals surface area contributed by atoms with Gasteiger partial charge in [-0.3, -0.25) is 28.8 Å². The SMILES string of the molecule is CC(C)(C)NC(CCCCNC(=O)COCCOCCNC(=O)COCCOCCNC(=O)CC[C@H](NC(=O)CCCCCCCCCCCCCCCCC(=O)O)C(=O)O)C(=O)C(C)(C)C. The number of hydrogen-bond acceptors (Lipinski definition) is 12.